The molecule has 1 aromatic rings. The van der Waals surface area contributed by atoms with Crippen molar-refractivity contribution in [3.8, 4) is 0 Å². The second-order valence-corrected chi connectivity index (χ2v) is 9.79. The quantitative estimate of drug-likeness (QED) is 0.427. The third-order valence-electron chi connectivity index (χ3n) is 5.68. The van der Waals surface area contributed by atoms with Crippen molar-refractivity contribution in [3.05, 3.63) is 35.9 Å². The molecule has 1 aliphatic carbocycles. The summed E-state index contributed by atoms with van der Waals surface area (Å²) in [5, 5.41) is 22.7. The average Bonchev–Trinajstić information content (AvgIpc) is 3.43. The van der Waals surface area contributed by atoms with Crippen LogP contribution in [0.3, 0.4) is 0 Å². The van der Waals surface area contributed by atoms with Gasteiger partial charge >= 0.3 is 12.1 Å². The highest BCUT2D eigenvalue weighted by Crippen LogP contribution is 2.53. The van der Waals surface area contributed by atoms with E-state index in [-0.39, 0.29) is 11.8 Å². The number of carboxylic acids is 1. The van der Waals surface area contributed by atoms with Crippen LogP contribution >= 0.6 is 0 Å². The Balaban J connectivity index is 1.93. The predicted octanol–water partition coefficient (Wildman–Crippen LogP) is 4.13. The van der Waals surface area contributed by atoms with E-state index in [0.717, 1.165) is 24.8 Å². The number of carbonyl (C=O) groups is 2. The van der Waals surface area contributed by atoms with Gasteiger partial charge in [0.05, 0.1) is 24.7 Å². The molecule has 1 aliphatic rings. The molecular formula is C24H37NO6. The van der Waals surface area contributed by atoms with E-state index in [1.807, 2.05) is 30.3 Å². The van der Waals surface area contributed by atoms with Crippen LogP contribution < -0.4 is 5.32 Å². The lowest BCUT2D eigenvalue weighted by Crippen LogP contribution is -2.47. The number of ether oxygens (including phenoxy) is 2. The maximum atomic E-state index is 12.3. The molecule has 0 saturated heterocycles. The second-order valence-electron chi connectivity index (χ2n) is 9.79. The van der Waals surface area contributed by atoms with Crippen molar-refractivity contribution < 1.29 is 29.3 Å². The fourth-order valence-corrected chi connectivity index (χ4v) is 3.62. The number of aliphatic hydroxyl groups is 1. The van der Waals surface area contributed by atoms with Gasteiger partial charge in [0.2, 0.25) is 0 Å². The van der Waals surface area contributed by atoms with Gasteiger partial charge in [-0.25, -0.2) is 4.79 Å². The van der Waals surface area contributed by atoms with E-state index in [1.54, 1.807) is 27.7 Å². The van der Waals surface area contributed by atoms with Crippen LogP contribution in [0, 0.1) is 11.3 Å². The Morgan fingerprint density at radius 3 is 2.39 bits per heavy atom. The number of alkyl carbamates (subject to hydrolysis) is 1. The van der Waals surface area contributed by atoms with Crippen molar-refractivity contribution in [2.24, 2.45) is 11.3 Å². The minimum atomic E-state index is -0.971. The topological polar surface area (TPSA) is 105 Å². The van der Waals surface area contributed by atoms with Gasteiger partial charge in [0.1, 0.15) is 5.60 Å². The summed E-state index contributed by atoms with van der Waals surface area (Å²) in [6, 6.07) is 9.40. The highest BCUT2D eigenvalue weighted by Gasteiger charge is 2.45. The van der Waals surface area contributed by atoms with E-state index in [9.17, 15) is 19.8 Å². The first kappa shape index (κ1) is 25.1. The van der Waals surface area contributed by atoms with Gasteiger partial charge in [-0.3, -0.25) is 4.79 Å². The zero-order valence-corrected chi connectivity index (χ0v) is 19.1. The van der Waals surface area contributed by atoms with Crippen molar-refractivity contribution in [1.82, 2.24) is 5.32 Å². The Morgan fingerprint density at radius 2 is 1.84 bits per heavy atom. The van der Waals surface area contributed by atoms with Crippen LogP contribution in [0.4, 0.5) is 4.79 Å². The number of hydrogen-bond acceptors (Lipinski definition) is 5. The number of hydrogen-bond donors (Lipinski definition) is 3. The van der Waals surface area contributed by atoms with Crippen molar-refractivity contribution in [2.75, 3.05) is 6.61 Å². The molecule has 1 saturated carbocycles. The van der Waals surface area contributed by atoms with E-state index in [1.165, 1.54) is 0 Å². The summed E-state index contributed by atoms with van der Waals surface area (Å²) < 4.78 is 11.2. The van der Waals surface area contributed by atoms with Crippen LogP contribution in [0.25, 0.3) is 0 Å². The second kappa shape index (κ2) is 11.0. The Morgan fingerprint density at radius 1 is 1.19 bits per heavy atom. The molecule has 7 nitrogen and oxygen atoms in total. The summed E-state index contributed by atoms with van der Waals surface area (Å²) >= 11 is 0. The zero-order valence-electron chi connectivity index (χ0n) is 19.1. The lowest BCUT2D eigenvalue weighted by atomic mass is 9.88. The largest absolute Gasteiger partial charge is 0.481 e. The van der Waals surface area contributed by atoms with Gasteiger partial charge in [-0.15, -0.1) is 0 Å². The minimum absolute atomic E-state index is 0.0101. The van der Waals surface area contributed by atoms with Crippen LogP contribution in [0.2, 0.25) is 0 Å². The zero-order chi connectivity index (χ0) is 23.1. The number of nitrogens with one attached hydrogen (secondary N) is 1. The molecule has 0 spiro atoms. The molecular weight excluding hydrogens is 398 g/mol. The lowest BCUT2D eigenvalue weighted by molar-refractivity contribution is -0.142. The van der Waals surface area contributed by atoms with E-state index in [0.29, 0.717) is 19.6 Å². The Labute approximate surface area is 185 Å². The molecule has 31 heavy (non-hydrogen) atoms. The van der Waals surface area contributed by atoms with E-state index >= 15 is 0 Å². The number of aliphatic hydroxyl groups excluding tert-OH is 1. The van der Waals surface area contributed by atoms with Crippen LogP contribution in [0.15, 0.2) is 30.3 Å². The first-order valence-electron chi connectivity index (χ1n) is 11.0. The van der Waals surface area contributed by atoms with E-state index in [2.05, 4.69) is 5.32 Å². The molecule has 3 N–H and O–H groups in total. The third kappa shape index (κ3) is 9.27. The molecule has 0 unspecified atom stereocenters. The molecule has 0 radical (unpaired) electrons. The van der Waals surface area contributed by atoms with E-state index < -0.39 is 35.7 Å². The van der Waals surface area contributed by atoms with Gasteiger partial charge in [0, 0.05) is 6.61 Å². The fraction of sp³-hybridized carbons (Fsp3) is 0.667. The molecule has 174 valence electrons. The third-order valence-corrected chi connectivity index (χ3v) is 5.68. The molecule has 7 heteroatoms. The summed E-state index contributed by atoms with van der Waals surface area (Å²) in [7, 11) is 0. The number of rotatable bonds is 12. The molecule has 1 amide bonds. The predicted molar refractivity (Wildman–Crippen MR) is 118 cm³/mol. The molecule has 0 aliphatic heterocycles. The van der Waals surface area contributed by atoms with Gasteiger partial charge < -0.3 is 25.0 Å². The molecule has 0 heterocycles. The van der Waals surface area contributed by atoms with Crippen LogP contribution in [-0.4, -0.2) is 46.6 Å². The number of carbonyl (C=O) groups excluding carboxylic acids is 1. The minimum Gasteiger partial charge on any atom is -0.481 e. The van der Waals surface area contributed by atoms with Crippen LogP contribution in [0.1, 0.15) is 65.4 Å². The smallest absolute Gasteiger partial charge is 0.407 e. The molecule has 1 aromatic carbocycles. The first-order chi connectivity index (χ1) is 14.5. The number of carboxylic acid groups (broad SMARTS) is 1. The number of amides is 1. The lowest BCUT2D eigenvalue weighted by Gasteiger charge is -2.30. The normalized spacial score (nSPS) is 18.0. The van der Waals surface area contributed by atoms with Gasteiger partial charge in [-0.05, 0) is 63.9 Å². The van der Waals surface area contributed by atoms with E-state index in [4.69, 9.17) is 9.47 Å². The highest BCUT2D eigenvalue weighted by atomic mass is 16.6. The summed E-state index contributed by atoms with van der Waals surface area (Å²) in [5.41, 5.74) is 0.454. The van der Waals surface area contributed by atoms with Crippen LogP contribution in [-0.2, 0) is 20.9 Å². The number of benzene rings is 1. The monoisotopic (exact) mass is 435 g/mol. The Hall–Kier alpha value is -2.12. The highest BCUT2D eigenvalue weighted by molar-refractivity contribution is 5.70. The van der Waals surface area contributed by atoms with Gasteiger partial charge in [0.25, 0.3) is 0 Å². The summed E-state index contributed by atoms with van der Waals surface area (Å²) in [6.45, 7) is 8.02. The van der Waals surface area contributed by atoms with Gasteiger partial charge in [0.15, 0.2) is 0 Å². The van der Waals surface area contributed by atoms with Crippen LogP contribution in [0.5, 0.6) is 0 Å². The molecule has 1 fully saturated rings. The van der Waals surface area contributed by atoms with Crippen molar-refractivity contribution in [2.45, 2.75) is 84.2 Å². The van der Waals surface area contributed by atoms with Crippen molar-refractivity contribution in [3.63, 3.8) is 0 Å². The maximum absolute atomic E-state index is 12.3. The molecule has 2 rings (SSSR count). The van der Waals surface area contributed by atoms with Gasteiger partial charge in [-0.1, -0.05) is 37.3 Å². The van der Waals surface area contributed by atoms with Gasteiger partial charge in [-0.2, -0.15) is 0 Å². The Kier molecular flexibility index (Phi) is 8.89. The fourth-order valence-electron chi connectivity index (χ4n) is 3.62. The van der Waals surface area contributed by atoms with Crippen molar-refractivity contribution in [1.29, 1.82) is 0 Å². The SMILES string of the molecule is C[C@H](C[C@H](O)[C@H](CC1(CCOCc2ccccc2)CC1)NC(=O)OC(C)(C)C)C(=O)O. The summed E-state index contributed by atoms with van der Waals surface area (Å²) in [5.74, 6) is -1.67. The average molecular weight is 436 g/mol. The summed E-state index contributed by atoms with van der Waals surface area (Å²) in [6.07, 6.45) is 1.88. The maximum Gasteiger partial charge on any atom is 0.407 e. The summed E-state index contributed by atoms with van der Waals surface area (Å²) in [4.78, 5) is 23.5. The number of aliphatic carboxylic acids is 1. The first-order valence-corrected chi connectivity index (χ1v) is 11.0. The van der Waals surface area contributed by atoms with Crippen molar-refractivity contribution >= 4 is 12.1 Å². The molecule has 0 aromatic heterocycles. The molecule has 3 atom stereocenters. The standard InChI is InChI=1S/C24H37NO6/c1-17(21(27)28)14-20(26)19(25-22(29)31-23(2,3)4)15-24(10-11-24)12-13-30-16-18-8-6-5-7-9-18/h5-9,17,19-20,26H,10-16H2,1-4H3,(H,25,29)(H,27,28)/t17-,19+,20+/m1/s1. The molecule has 0 bridgehead atoms. The Bertz CT molecular complexity index is 711.